The third kappa shape index (κ3) is 9.52. The number of ketones is 2. The number of carbonyl (C=O) groups is 2. The van der Waals surface area contributed by atoms with Crippen molar-refractivity contribution in [2.75, 3.05) is 0 Å². The van der Waals surface area contributed by atoms with Crippen LogP contribution in [0.2, 0.25) is 0 Å². The Morgan fingerprint density at radius 2 is 0.561 bits per heavy atom. The summed E-state index contributed by atoms with van der Waals surface area (Å²) in [4.78, 5) is 28.4. The maximum absolute atomic E-state index is 13.7. The quantitative estimate of drug-likeness (QED) is 0.120. The molecule has 0 N–H and O–H groups in total. The van der Waals surface area contributed by atoms with Crippen LogP contribution in [0, 0.1) is 0 Å². The molecule has 0 spiro atoms. The molecule has 0 saturated carbocycles. The van der Waals surface area contributed by atoms with Crippen LogP contribution in [-0.4, -0.2) is 28.4 Å². The zero-order valence-electron chi connectivity index (χ0n) is 37.7. The largest absolute Gasteiger partial charge is 0.289 e. The van der Waals surface area contributed by atoms with Crippen molar-refractivity contribution in [1.29, 1.82) is 0 Å². The summed E-state index contributed by atoms with van der Waals surface area (Å²) in [5, 5.41) is 0. The zero-order chi connectivity index (χ0) is 47.0. The lowest BCUT2D eigenvalue weighted by molar-refractivity contribution is 0.103. The Balaban J connectivity index is 0.924. The zero-order valence-corrected chi connectivity index (χ0v) is 39.4. The minimum atomic E-state index is -3.69. The molecule has 330 valence electrons. The molecule has 6 nitrogen and oxygen atoms in total. The van der Waals surface area contributed by atoms with Gasteiger partial charge in [0.2, 0.25) is 19.7 Å². The fraction of sp³-hybridized carbons (Fsp3) is 0.138. The minimum absolute atomic E-state index is 0.0834. The maximum Gasteiger partial charge on any atom is 0.206 e. The summed E-state index contributed by atoms with van der Waals surface area (Å²) in [5.41, 5.74) is 8.86. The Hall–Kier alpha value is -7.00. The van der Waals surface area contributed by atoms with Crippen LogP contribution >= 0.6 is 0 Å². The number of hydrogen-bond acceptors (Lipinski definition) is 6. The third-order valence-electron chi connectivity index (χ3n) is 11.9. The molecule has 0 aliphatic carbocycles. The van der Waals surface area contributed by atoms with E-state index in [2.05, 4.69) is 41.5 Å². The van der Waals surface area contributed by atoms with Crippen LogP contribution in [0.5, 0.6) is 0 Å². The van der Waals surface area contributed by atoms with Crippen LogP contribution in [0.1, 0.15) is 84.5 Å². The molecule has 0 saturated heterocycles. The van der Waals surface area contributed by atoms with E-state index in [0.29, 0.717) is 22.3 Å². The molecule has 0 aliphatic rings. The molecule has 0 atom stereocenters. The van der Waals surface area contributed by atoms with Gasteiger partial charge >= 0.3 is 0 Å². The lowest BCUT2D eigenvalue weighted by Gasteiger charge is -2.19. The normalized spacial score (nSPS) is 12.2. The summed E-state index contributed by atoms with van der Waals surface area (Å²) in [7, 11) is -7.38. The lowest BCUT2D eigenvalue weighted by Crippen LogP contribution is -2.11. The first-order chi connectivity index (χ1) is 31.3. The number of hydrogen-bond donors (Lipinski definition) is 0. The Bertz CT molecular complexity index is 3070. The van der Waals surface area contributed by atoms with Crippen LogP contribution in [0.3, 0.4) is 0 Å². The monoisotopic (exact) mass is 906 g/mol. The molecule has 0 bridgehead atoms. The van der Waals surface area contributed by atoms with Gasteiger partial charge < -0.3 is 0 Å². The van der Waals surface area contributed by atoms with E-state index in [1.54, 1.807) is 109 Å². The van der Waals surface area contributed by atoms with Crippen molar-refractivity contribution in [2.45, 2.75) is 72.0 Å². The summed E-state index contributed by atoms with van der Waals surface area (Å²) in [5.74, 6) is -0.311. The fourth-order valence-corrected chi connectivity index (χ4v) is 10.4. The molecule has 8 heteroatoms. The first kappa shape index (κ1) is 45.6. The van der Waals surface area contributed by atoms with Crippen molar-refractivity contribution >= 4 is 31.2 Å². The van der Waals surface area contributed by atoms with Crippen molar-refractivity contribution in [3.8, 4) is 33.4 Å². The van der Waals surface area contributed by atoms with Crippen LogP contribution < -0.4 is 0 Å². The second kappa shape index (κ2) is 17.8. The van der Waals surface area contributed by atoms with E-state index in [1.807, 2.05) is 84.9 Å². The number of benzene rings is 8. The number of sulfone groups is 2. The topological polar surface area (TPSA) is 102 Å². The van der Waals surface area contributed by atoms with Crippen LogP contribution in [0.25, 0.3) is 33.4 Å². The molecule has 0 aliphatic heterocycles. The van der Waals surface area contributed by atoms with E-state index in [-0.39, 0.29) is 42.0 Å². The molecule has 0 radical (unpaired) electrons. The van der Waals surface area contributed by atoms with Gasteiger partial charge in [-0.25, -0.2) is 16.8 Å². The Morgan fingerprint density at radius 1 is 0.303 bits per heavy atom. The molecule has 0 heterocycles. The SMILES string of the molecule is CC(C)(C)c1ccc(S(=O)(=O)c2ccc(-c3ccc(C(=O)c4cccc(-c5cccc(C(=O)c6ccc(-c7ccc(S(=O)(=O)c8ccc(C(C)(C)C)cc8)cc7)cc6)c5)c4)cc3)cc2)cc1. The maximum atomic E-state index is 13.7. The van der Waals surface area contributed by atoms with Gasteiger partial charge in [-0.1, -0.05) is 175 Å². The molecule has 8 rings (SSSR count). The van der Waals surface area contributed by atoms with Crippen LogP contribution in [-0.2, 0) is 30.5 Å². The van der Waals surface area contributed by atoms with Gasteiger partial charge in [0, 0.05) is 22.3 Å². The van der Waals surface area contributed by atoms with E-state index in [9.17, 15) is 26.4 Å². The molecule has 66 heavy (non-hydrogen) atoms. The second-order valence-corrected chi connectivity index (χ2v) is 22.5. The van der Waals surface area contributed by atoms with E-state index in [4.69, 9.17) is 0 Å². The van der Waals surface area contributed by atoms with Crippen molar-refractivity contribution in [3.05, 3.63) is 228 Å². The van der Waals surface area contributed by atoms with Gasteiger partial charge in [-0.2, -0.15) is 0 Å². The summed E-state index contributed by atoms with van der Waals surface area (Å²) in [6.07, 6.45) is 0. The van der Waals surface area contributed by atoms with E-state index >= 15 is 0 Å². The highest BCUT2D eigenvalue weighted by Gasteiger charge is 2.22. The molecular formula is C58H50O6S2. The molecule has 0 fully saturated rings. The van der Waals surface area contributed by atoms with Gasteiger partial charge in [0.05, 0.1) is 19.6 Å². The Labute approximate surface area is 388 Å². The summed E-state index contributed by atoms with van der Waals surface area (Å²) >= 11 is 0. The molecule has 0 unspecified atom stereocenters. The van der Waals surface area contributed by atoms with Gasteiger partial charge in [-0.05, 0) is 116 Å². The second-order valence-electron chi connectivity index (χ2n) is 18.6. The molecular weight excluding hydrogens is 857 g/mol. The highest BCUT2D eigenvalue weighted by molar-refractivity contribution is 7.91. The standard InChI is InChI=1S/C58H50O6S2/c1-57(2,3)49-25-33-53(34-26-49)65(61,62)51-29-21-41(22-30-51)39-13-17-43(18-14-39)55(59)47-11-7-9-45(37-47)46-10-8-12-48(38-46)56(60)44-19-15-40(16-20-44)42-23-31-52(32-24-42)66(63,64)54-35-27-50(28-36-54)58(4,5)6/h7-38H,1-6H3. The average molecular weight is 907 g/mol. The minimum Gasteiger partial charge on any atom is -0.289 e. The Morgan fingerprint density at radius 3 is 0.833 bits per heavy atom. The summed E-state index contributed by atoms with van der Waals surface area (Å²) < 4.78 is 53.5. The molecule has 8 aromatic carbocycles. The average Bonchev–Trinajstić information content (AvgIpc) is 3.33. The van der Waals surface area contributed by atoms with Gasteiger partial charge in [0.25, 0.3) is 0 Å². The van der Waals surface area contributed by atoms with Crippen molar-refractivity contribution < 1.29 is 26.4 Å². The third-order valence-corrected chi connectivity index (χ3v) is 15.5. The van der Waals surface area contributed by atoms with Gasteiger partial charge in [-0.3, -0.25) is 9.59 Å². The lowest BCUT2D eigenvalue weighted by atomic mass is 9.87. The van der Waals surface area contributed by atoms with E-state index in [1.165, 1.54) is 0 Å². The smallest absolute Gasteiger partial charge is 0.206 e. The Kier molecular flexibility index (Phi) is 12.3. The van der Waals surface area contributed by atoms with E-state index in [0.717, 1.165) is 44.5 Å². The van der Waals surface area contributed by atoms with Gasteiger partial charge in [0.15, 0.2) is 11.6 Å². The fourth-order valence-electron chi connectivity index (χ4n) is 7.83. The predicted octanol–water partition coefficient (Wildman–Crippen LogP) is 13.4. The van der Waals surface area contributed by atoms with E-state index < -0.39 is 19.7 Å². The summed E-state index contributed by atoms with van der Waals surface area (Å²) in [6, 6.07) is 56.7. The number of rotatable bonds is 11. The highest BCUT2D eigenvalue weighted by atomic mass is 32.2. The predicted molar refractivity (Wildman–Crippen MR) is 264 cm³/mol. The summed E-state index contributed by atoms with van der Waals surface area (Å²) in [6.45, 7) is 12.5. The van der Waals surface area contributed by atoms with Gasteiger partial charge in [-0.15, -0.1) is 0 Å². The molecule has 8 aromatic rings. The highest BCUT2D eigenvalue weighted by Crippen LogP contribution is 2.32. The van der Waals surface area contributed by atoms with Crippen LogP contribution in [0.4, 0.5) is 0 Å². The van der Waals surface area contributed by atoms with Crippen LogP contribution in [0.15, 0.2) is 214 Å². The first-order valence-corrected chi connectivity index (χ1v) is 24.7. The molecule has 0 amide bonds. The molecule has 0 aromatic heterocycles. The van der Waals surface area contributed by atoms with Gasteiger partial charge in [0.1, 0.15) is 0 Å². The van der Waals surface area contributed by atoms with Crippen molar-refractivity contribution in [3.63, 3.8) is 0 Å². The van der Waals surface area contributed by atoms with Crippen molar-refractivity contribution in [2.24, 2.45) is 0 Å². The van der Waals surface area contributed by atoms with Crippen molar-refractivity contribution in [1.82, 2.24) is 0 Å². The first-order valence-electron chi connectivity index (χ1n) is 21.7. The number of carbonyl (C=O) groups excluding carboxylic acids is 2.